The van der Waals surface area contributed by atoms with E-state index in [-0.39, 0.29) is 5.91 Å². The molecule has 20 heavy (non-hydrogen) atoms. The van der Waals surface area contributed by atoms with E-state index in [4.69, 9.17) is 5.73 Å². The van der Waals surface area contributed by atoms with Crippen molar-refractivity contribution in [3.8, 4) is 0 Å². The Hall–Kier alpha value is -2.13. The van der Waals surface area contributed by atoms with Crippen LogP contribution < -0.4 is 10.6 Å². The van der Waals surface area contributed by atoms with E-state index in [1.54, 1.807) is 0 Å². The van der Waals surface area contributed by atoms with Crippen LogP contribution in [0, 0.1) is 0 Å². The lowest BCUT2D eigenvalue weighted by molar-refractivity contribution is -0.119. The minimum absolute atomic E-state index is 0.0132. The zero-order valence-electron chi connectivity index (χ0n) is 11.3. The highest BCUT2D eigenvalue weighted by Gasteiger charge is 2.33. The third kappa shape index (κ3) is 2.32. The Morgan fingerprint density at radius 1 is 1.00 bits per heavy atom. The van der Waals surface area contributed by atoms with E-state index in [0.29, 0.717) is 0 Å². The van der Waals surface area contributed by atoms with Gasteiger partial charge >= 0.3 is 0 Å². The number of aryl methyl sites for hydroxylation is 1. The summed E-state index contributed by atoms with van der Waals surface area (Å²) in [6.45, 7) is 0.721. The standard InChI is InChI=1S/C17H18N2O/c18-16-14-10-4-5-11-15(14)19(17(16)20)12-6-9-13-7-2-1-3-8-13/h1-5,7-8,10-11,16H,6,9,12,18H2. The Morgan fingerprint density at radius 3 is 2.50 bits per heavy atom. The predicted molar refractivity (Wildman–Crippen MR) is 80.5 cm³/mol. The second-order valence-electron chi connectivity index (χ2n) is 5.12. The molecule has 2 N–H and O–H groups in total. The Balaban J connectivity index is 1.68. The van der Waals surface area contributed by atoms with Crippen molar-refractivity contribution >= 4 is 11.6 Å². The fourth-order valence-corrected chi connectivity index (χ4v) is 2.73. The normalized spacial score (nSPS) is 17.4. The van der Waals surface area contributed by atoms with Crippen molar-refractivity contribution in [2.24, 2.45) is 5.73 Å². The second kappa shape index (κ2) is 5.47. The van der Waals surface area contributed by atoms with Crippen molar-refractivity contribution in [3.05, 3.63) is 65.7 Å². The maximum atomic E-state index is 12.2. The zero-order valence-corrected chi connectivity index (χ0v) is 11.3. The first-order chi connectivity index (χ1) is 9.77. The van der Waals surface area contributed by atoms with Crippen LogP contribution in [-0.2, 0) is 11.2 Å². The summed E-state index contributed by atoms with van der Waals surface area (Å²) in [4.78, 5) is 14.0. The van der Waals surface area contributed by atoms with Crippen molar-refractivity contribution in [1.82, 2.24) is 0 Å². The molecule has 0 saturated heterocycles. The van der Waals surface area contributed by atoms with E-state index in [1.165, 1.54) is 5.56 Å². The van der Waals surface area contributed by atoms with Gasteiger partial charge in [-0.05, 0) is 24.5 Å². The van der Waals surface area contributed by atoms with Gasteiger partial charge in [0.1, 0.15) is 6.04 Å². The molecule has 1 atom stereocenters. The molecule has 0 fully saturated rings. The molecule has 0 bridgehead atoms. The molecule has 0 aromatic heterocycles. The van der Waals surface area contributed by atoms with Crippen LogP contribution in [0.15, 0.2) is 54.6 Å². The van der Waals surface area contributed by atoms with Crippen molar-refractivity contribution in [2.75, 3.05) is 11.4 Å². The quantitative estimate of drug-likeness (QED) is 0.924. The van der Waals surface area contributed by atoms with Gasteiger partial charge in [0.25, 0.3) is 0 Å². The van der Waals surface area contributed by atoms with Crippen LogP contribution in [0.1, 0.15) is 23.6 Å². The number of para-hydroxylation sites is 1. The molecular weight excluding hydrogens is 248 g/mol. The van der Waals surface area contributed by atoms with Gasteiger partial charge in [-0.15, -0.1) is 0 Å². The summed E-state index contributed by atoms with van der Waals surface area (Å²) in [5, 5.41) is 0. The molecule has 2 aromatic rings. The number of hydrogen-bond acceptors (Lipinski definition) is 2. The summed E-state index contributed by atoms with van der Waals surface area (Å²) < 4.78 is 0. The molecule has 0 spiro atoms. The highest BCUT2D eigenvalue weighted by molar-refractivity contribution is 6.04. The van der Waals surface area contributed by atoms with Gasteiger partial charge in [0, 0.05) is 17.8 Å². The summed E-state index contributed by atoms with van der Waals surface area (Å²) in [6, 6.07) is 17.6. The number of carbonyl (C=O) groups excluding carboxylic acids is 1. The number of rotatable bonds is 4. The van der Waals surface area contributed by atoms with E-state index in [9.17, 15) is 4.79 Å². The Bertz CT molecular complexity index is 609. The van der Waals surface area contributed by atoms with Crippen molar-refractivity contribution in [3.63, 3.8) is 0 Å². The van der Waals surface area contributed by atoms with E-state index in [0.717, 1.165) is 30.6 Å². The lowest BCUT2D eigenvalue weighted by atomic mass is 10.1. The summed E-state index contributed by atoms with van der Waals surface area (Å²) in [6.07, 6.45) is 1.92. The largest absolute Gasteiger partial charge is 0.316 e. The fourth-order valence-electron chi connectivity index (χ4n) is 2.73. The molecule has 1 aliphatic heterocycles. The van der Waals surface area contributed by atoms with E-state index >= 15 is 0 Å². The highest BCUT2D eigenvalue weighted by Crippen LogP contribution is 2.34. The number of fused-ring (bicyclic) bond motifs is 1. The lowest BCUT2D eigenvalue weighted by Crippen LogP contribution is -2.32. The smallest absolute Gasteiger partial charge is 0.248 e. The number of carbonyl (C=O) groups is 1. The van der Waals surface area contributed by atoms with Crippen molar-refractivity contribution in [1.29, 1.82) is 0 Å². The molecule has 1 aliphatic rings. The third-order valence-electron chi connectivity index (χ3n) is 3.78. The van der Waals surface area contributed by atoms with Crippen LogP contribution >= 0.6 is 0 Å². The molecule has 0 saturated carbocycles. The maximum absolute atomic E-state index is 12.2. The maximum Gasteiger partial charge on any atom is 0.248 e. The van der Waals surface area contributed by atoms with Crippen molar-refractivity contribution in [2.45, 2.75) is 18.9 Å². The van der Waals surface area contributed by atoms with Gasteiger partial charge in [-0.2, -0.15) is 0 Å². The first kappa shape index (κ1) is 12.9. The van der Waals surface area contributed by atoms with Crippen LogP contribution in [0.5, 0.6) is 0 Å². The van der Waals surface area contributed by atoms with Crippen LogP contribution in [0.25, 0.3) is 0 Å². The van der Waals surface area contributed by atoms with E-state index in [1.807, 2.05) is 47.4 Å². The Labute approximate surface area is 119 Å². The summed E-state index contributed by atoms with van der Waals surface area (Å²) in [5.41, 5.74) is 9.19. The van der Waals surface area contributed by atoms with Gasteiger partial charge < -0.3 is 10.6 Å². The molecule has 1 amide bonds. The fraction of sp³-hybridized carbons (Fsp3) is 0.235. The number of anilines is 1. The van der Waals surface area contributed by atoms with Crippen LogP contribution in [0.2, 0.25) is 0 Å². The number of nitrogens with two attached hydrogens (primary N) is 1. The van der Waals surface area contributed by atoms with Gasteiger partial charge in [-0.1, -0.05) is 48.5 Å². The minimum Gasteiger partial charge on any atom is -0.316 e. The zero-order chi connectivity index (χ0) is 13.9. The van der Waals surface area contributed by atoms with Gasteiger partial charge in [0.05, 0.1) is 0 Å². The van der Waals surface area contributed by atoms with E-state index in [2.05, 4.69) is 12.1 Å². The average molecular weight is 266 g/mol. The SMILES string of the molecule is NC1C(=O)N(CCCc2ccccc2)c2ccccc21. The topological polar surface area (TPSA) is 46.3 Å². The molecule has 3 nitrogen and oxygen atoms in total. The molecule has 1 heterocycles. The Kier molecular flexibility index (Phi) is 3.52. The number of amides is 1. The lowest BCUT2D eigenvalue weighted by Gasteiger charge is -2.17. The molecule has 1 unspecified atom stereocenters. The summed E-state index contributed by atoms with van der Waals surface area (Å²) in [5.74, 6) is 0.0132. The summed E-state index contributed by atoms with van der Waals surface area (Å²) >= 11 is 0. The molecule has 0 radical (unpaired) electrons. The molecule has 3 heteroatoms. The molecule has 2 aromatic carbocycles. The highest BCUT2D eigenvalue weighted by atomic mass is 16.2. The van der Waals surface area contributed by atoms with E-state index < -0.39 is 6.04 Å². The van der Waals surface area contributed by atoms with Crippen LogP contribution in [0.4, 0.5) is 5.69 Å². The first-order valence-electron chi connectivity index (χ1n) is 6.97. The molecule has 102 valence electrons. The van der Waals surface area contributed by atoms with Gasteiger partial charge in [0.15, 0.2) is 0 Å². The molecular formula is C17H18N2O. The monoisotopic (exact) mass is 266 g/mol. The number of nitrogens with zero attached hydrogens (tertiary/aromatic N) is 1. The van der Waals surface area contributed by atoms with Gasteiger partial charge in [-0.25, -0.2) is 0 Å². The summed E-state index contributed by atoms with van der Waals surface area (Å²) in [7, 11) is 0. The molecule has 0 aliphatic carbocycles. The Morgan fingerprint density at radius 2 is 1.70 bits per heavy atom. The van der Waals surface area contributed by atoms with Crippen LogP contribution in [0.3, 0.4) is 0 Å². The third-order valence-corrected chi connectivity index (χ3v) is 3.78. The molecule has 3 rings (SSSR count). The predicted octanol–water partition coefficient (Wildman–Crippen LogP) is 2.67. The first-order valence-corrected chi connectivity index (χ1v) is 6.97. The van der Waals surface area contributed by atoms with Crippen molar-refractivity contribution < 1.29 is 4.79 Å². The second-order valence-corrected chi connectivity index (χ2v) is 5.12. The average Bonchev–Trinajstić information content (AvgIpc) is 2.74. The van der Waals surface area contributed by atoms with Gasteiger partial charge in [-0.3, -0.25) is 4.79 Å². The number of hydrogen-bond donors (Lipinski definition) is 1. The minimum atomic E-state index is -0.497. The van der Waals surface area contributed by atoms with Crippen LogP contribution in [-0.4, -0.2) is 12.5 Å². The number of benzene rings is 2. The van der Waals surface area contributed by atoms with Gasteiger partial charge in [0.2, 0.25) is 5.91 Å².